The van der Waals surface area contributed by atoms with Crippen LogP contribution in [0.5, 0.6) is 0 Å². The van der Waals surface area contributed by atoms with Crippen LogP contribution in [-0.4, -0.2) is 12.3 Å². The van der Waals surface area contributed by atoms with Crippen LogP contribution in [0.2, 0.25) is 5.22 Å². The van der Waals surface area contributed by atoms with Crippen molar-refractivity contribution in [2.24, 2.45) is 17.6 Å². The van der Waals surface area contributed by atoms with E-state index in [0.717, 1.165) is 23.8 Å². The maximum absolute atomic E-state index is 5.70. The van der Waals surface area contributed by atoms with Crippen molar-refractivity contribution in [1.29, 1.82) is 0 Å². The Labute approximate surface area is 101 Å². The highest BCUT2D eigenvalue weighted by Gasteiger charge is 2.11. The van der Waals surface area contributed by atoms with Gasteiger partial charge in [0, 0.05) is 0 Å². The van der Waals surface area contributed by atoms with E-state index in [1.165, 1.54) is 0 Å². The normalized spacial score (nSPS) is 13.4. The first kappa shape index (κ1) is 12.9. The molecule has 0 saturated heterocycles. The molecule has 0 aromatic carbocycles. The van der Waals surface area contributed by atoms with Gasteiger partial charge in [0.1, 0.15) is 5.76 Å². The second-order valence-corrected chi connectivity index (χ2v) is 5.36. The summed E-state index contributed by atoms with van der Waals surface area (Å²) in [5.41, 5.74) is 5.70. The second kappa shape index (κ2) is 6.46. The molecule has 0 fully saturated rings. The summed E-state index contributed by atoms with van der Waals surface area (Å²) in [5.74, 6) is 4.11. The second-order valence-electron chi connectivity index (χ2n) is 3.96. The SMILES string of the molecule is CC(C)C(CN)CSCc1ccc(Cl)o1. The predicted molar refractivity (Wildman–Crippen MR) is 67.3 cm³/mol. The molecule has 1 heterocycles. The minimum atomic E-state index is 0.463. The predicted octanol–water partition coefficient (Wildman–Crippen LogP) is 3.40. The molecule has 4 heteroatoms. The largest absolute Gasteiger partial charge is 0.449 e. The summed E-state index contributed by atoms with van der Waals surface area (Å²) in [7, 11) is 0. The fraction of sp³-hybridized carbons (Fsp3) is 0.636. The molecule has 0 amide bonds. The molecule has 2 nitrogen and oxygen atoms in total. The zero-order valence-electron chi connectivity index (χ0n) is 9.20. The van der Waals surface area contributed by atoms with Gasteiger partial charge in [0.05, 0.1) is 5.75 Å². The molecule has 2 N–H and O–H groups in total. The summed E-state index contributed by atoms with van der Waals surface area (Å²) >= 11 is 7.53. The minimum absolute atomic E-state index is 0.463. The zero-order chi connectivity index (χ0) is 11.3. The van der Waals surface area contributed by atoms with Crippen molar-refractivity contribution in [3.8, 4) is 0 Å². The Balaban J connectivity index is 2.26. The number of halogens is 1. The molecule has 0 radical (unpaired) electrons. The number of hydrogen-bond donors (Lipinski definition) is 1. The Kier molecular flexibility index (Phi) is 5.58. The first-order valence-electron chi connectivity index (χ1n) is 5.15. The van der Waals surface area contributed by atoms with E-state index in [1.807, 2.05) is 17.8 Å². The van der Waals surface area contributed by atoms with E-state index in [-0.39, 0.29) is 0 Å². The maximum Gasteiger partial charge on any atom is 0.193 e. The molecule has 0 aliphatic rings. The number of nitrogens with two attached hydrogens (primary N) is 1. The van der Waals surface area contributed by atoms with Crippen LogP contribution in [0.4, 0.5) is 0 Å². The molecule has 1 aromatic heterocycles. The van der Waals surface area contributed by atoms with Gasteiger partial charge in [-0.1, -0.05) is 13.8 Å². The highest BCUT2D eigenvalue weighted by Crippen LogP contribution is 2.22. The lowest BCUT2D eigenvalue weighted by molar-refractivity contribution is 0.436. The van der Waals surface area contributed by atoms with Crippen LogP contribution < -0.4 is 5.73 Å². The summed E-state index contributed by atoms with van der Waals surface area (Å²) in [4.78, 5) is 0. The zero-order valence-corrected chi connectivity index (χ0v) is 10.8. The summed E-state index contributed by atoms with van der Waals surface area (Å²) < 4.78 is 5.27. The summed E-state index contributed by atoms with van der Waals surface area (Å²) in [5, 5.41) is 0.463. The Bertz CT molecular complexity index is 288. The lowest BCUT2D eigenvalue weighted by Gasteiger charge is -2.17. The Hall–Kier alpha value is -0.120. The molecule has 1 unspecified atom stereocenters. The Morgan fingerprint density at radius 3 is 2.67 bits per heavy atom. The van der Waals surface area contributed by atoms with Crippen LogP contribution in [0.1, 0.15) is 19.6 Å². The van der Waals surface area contributed by atoms with E-state index >= 15 is 0 Å². The summed E-state index contributed by atoms with van der Waals surface area (Å²) in [6, 6.07) is 3.70. The third-order valence-electron chi connectivity index (χ3n) is 2.45. The van der Waals surface area contributed by atoms with Gasteiger partial charge in [0.15, 0.2) is 5.22 Å². The monoisotopic (exact) mass is 247 g/mol. The molecular weight excluding hydrogens is 230 g/mol. The molecule has 1 aromatic rings. The number of thioether (sulfide) groups is 1. The van der Waals surface area contributed by atoms with E-state index in [0.29, 0.717) is 17.1 Å². The van der Waals surface area contributed by atoms with E-state index in [9.17, 15) is 0 Å². The lowest BCUT2D eigenvalue weighted by Crippen LogP contribution is -2.22. The smallest absolute Gasteiger partial charge is 0.193 e. The van der Waals surface area contributed by atoms with Gasteiger partial charge in [0.2, 0.25) is 0 Å². The van der Waals surface area contributed by atoms with Gasteiger partial charge >= 0.3 is 0 Å². The molecule has 0 aliphatic heterocycles. The van der Waals surface area contributed by atoms with Crippen LogP contribution in [0.25, 0.3) is 0 Å². The van der Waals surface area contributed by atoms with Gasteiger partial charge < -0.3 is 10.2 Å². The van der Waals surface area contributed by atoms with Crippen LogP contribution in [-0.2, 0) is 5.75 Å². The van der Waals surface area contributed by atoms with Gasteiger partial charge in [-0.25, -0.2) is 0 Å². The molecule has 0 spiro atoms. The summed E-state index contributed by atoms with van der Waals surface area (Å²) in [6.07, 6.45) is 0. The standard InChI is InChI=1S/C11H18ClNOS/c1-8(2)9(5-13)6-15-7-10-3-4-11(12)14-10/h3-4,8-9H,5-7,13H2,1-2H3. The van der Waals surface area contributed by atoms with Crippen molar-refractivity contribution in [2.45, 2.75) is 19.6 Å². The van der Waals surface area contributed by atoms with Gasteiger partial charge in [-0.05, 0) is 47.9 Å². The van der Waals surface area contributed by atoms with Crippen molar-refractivity contribution in [1.82, 2.24) is 0 Å². The van der Waals surface area contributed by atoms with E-state index < -0.39 is 0 Å². The lowest BCUT2D eigenvalue weighted by atomic mass is 9.98. The third-order valence-corrected chi connectivity index (χ3v) is 3.81. The minimum Gasteiger partial charge on any atom is -0.449 e. The van der Waals surface area contributed by atoms with E-state index in [2.05, 4.69) is 13.8 Å². The fourth-order valence-electron chi connectivity index (χ4n) is 1.27. The molecule has 0 saturated carbocycles. The first-order valence-corrected chi connectivity index (χ1v) is 6.68. The van der Waals surface area contributed by atoms with Crippen molar-refractivity contribution >= 4 is 23.4 Å². The molecule has 86 valence electrons. The first-order chi connectivity index (χ1) is 7.13. The number of hydrogen-bond acceptors (Lipinski definition) is 3. The third kappa shape index (κ3) is 4.49. The van der Waals surface area contributed by atoms with Crippen LogP contribution in [0, 0.1) is 11.8 Å². The number of furan rings is 1. The Morgan fingerprint density at radius 1 is 1.47 bits per heavy atom. The number of rotatable bonds is 6. The van der Waals surface area contributed by atoms with Crippen molar-refractivity contribution < 1.29 is 4.42 Å². The van der Waals surface area contributed by atoms with Gasteiger partial charge in [-0.15, -0.1) is 0 Å². The van der Waals surface area contributed by atoms with Gasteiger partial charge in [-0.2, -0.15) is 11.8 Å². The van der Waals surface area contributed by atoms with E-state index in [4.69, 9.17) is 21.8 Å². The summed E-state index contributed by atoms with van der Waals surface area (Å²) in [6.45, 7) is 5.17. The van der Waals surface area contributed by atoms with Crippen LogP contribution in [0.3, 0.4) is 0 Å². The average Bonchev–Trinajstić information content (AvgIpc) is 2.58. The van der Waals surface area contributed by atoms with Crippen molar-refractivity contribution in [2.75, 3.05) is 12.3 Å². The molecule has 1 atom stereocenters. The molecule has 15 heavy (non-hydrogen) atoms. The van der Waals surface area contributed by atoms with Gasteiger partial charge in [0.25, 0.3) is 0 Å². The molecule has 0 aliphatic carbocycles. The fourth-order valence-corrected chi connectivity index (χ4v) is 2.73. The van der Waals surface area contributed by atoms with Crippen molar-refractivity contribution in [3.63, 3.8) is 0 Å². The molecule has 0 bridgehead atoms. The Morgan fingerprint density at radius 2 is 2.20 bits per heavy atom. The molecule has 1 rings (SSSR count). The molecular formula is C11H18ClNOS. The quantitative estimate of drug-likeness (QED) is 0.838. The van der Waals surface area contributed by atoms with Crippen LogP contribution >= 0.6 is 23.4 Å². The highest BCUT2D eigenvalue weighted by atomic mass is 35.5. The van der Waals surface area contributed by atoms with Gasteiger partial charge in [-0.3, -0.25) is 0 Å². The highest BCUT2D eigenvalue weighted by molar-refractivity contribution is 7.98. The van der Waals surface area contributed by atoms with E-state index in [1.54, 1.807) is 6.07 Å². The topological polar surface area (TPSA) is 39.2 Å². The van der Waals surface area contributed by atoms with Crippen LogP contribution in [0.15, 0.2) is 16.5 Å². The van der Waals surface area contributed by atoms with Crippen molar-refractivity contribution in [3.05, 3.63) is 23.1 Å². The average molecular weight is 248 g/mol. The maximum atomic E-state index is 5.70.